The van der Waals surface area contributed by atoms with E-state index in [1.807, 2.05) is 0 Å². The predicted octanol–water partition coefficient (Wildman–Crippen LogP) is 5.23. The molecule has 1 fully saturated rings. The number of anilines is 1. The molecule has 0 amide bonds. The van der Waals surface area contributed by atoms with Crippen molar-refractivity contribution in [1.82, 2.24) is 0 Å². The third-order valence-electron chi connectivity index (χ3n) is 6.22. The van der Waals surface area contributed by atoms with Gasteiger partial charge in [0.05, 0.1) is 21.6 Å². The smallest absolute Gasteiger partial charge is 0.271 e. The molecule has 0 radical (unpaired) electrons. The van der Waals surface area contributed by atoms with Crippen molar-refractivity contribution in [3.05, 3.63) is 62.2 Å². The van der Waals surface area contributed by atoms with Crippen LogP contribution in [0.3, 0.4) is 0 Å². The van der Waals surface area contributed by atoms with E-state index < -0.39 is 9.85 Å². The molecule has 148 valence electrons. The van der Waals surface area contributed by atoms with Crippen LogP contribution in [0.4, 0.5) is 17.1 Å². The number of nitro benzene ring substituents is 2. The molecule has 0 aliphatic heterocycles. The fourth-order valence-electron chi connectivity index (χ4n) is 4.18. The van der Waals surface area contributed by atoms with E-state index in [0.717, 1.165) is 31.0 Å². The van der Waals surface area contributed by atoms with Gasteiger partial charge in [0.15, 0.2) is 0 Å². The van der Waals surface area contributed by atoms with Crippen molar-refractivity contribution >= 4 is 22.8 Å². The molecular weight excluding hydrogens is 360 g/mol. The van der Waals surface area contributed by atoms with Crippen molar-refractivity contribution in [3.63, 3.8) is 0 Å². The monoisotopic (exact) mass is 384 g/mol. The fraction of sp³-hybridized carbons (Fsp3) is 0.450. The van der Waals surface area contributed by atoms with Crippen molar-refractivity contribution in [2.75, 3.05) is 5.43 Å². The Kier molecular flexibility index (Phi) is 5.06. The first kappa shape index (κ1) is 19.7. The van der Waals surface area contributed by atoms with Gasteiger partial charge in [-0.3, -0.25) is 25.7 Å². The van der Waals surface area contributed by atoms with Crippen LogP contribution in [-0.4, -0.2) is 15.6 Å². The molecule has 1 saturated carbocycles. The minimum absolute atomic E-state index is 0.0356. The summed E-state index contributed by atoms with van der Waals surface area (Å²) in [5, 5.41) is 26.5. The number of benzene rings is 1. The predicted molar refractivity (Wildman–Crippen MR) is 108 cm³/mol. The quantitative estimate of drug-likeness (QED) is 0.424. The van der Waals surface area contributed by atoms with Crippen LogP contribution >= 0.6 is 0 Å². The Morgan fingerprint density at radius 1 is 1.32 bits per heavy atom. The molecule has 3 rings (SSSR count). The Labute approximate surface area is 163 Å². The van der Waals surface area contributed by atoms with Gasteiger partial charge in [-0.25, -0.2) is 0 Å². The van der Waals surface area contributed by atoms with E-state index in [4.69, 9.17) is 0 Å². The maximum atomic E-state index is 11.3. The summed E-state index contributed by atoms with van der Waals surface area (Å²) in [7, 11) is 0. The summed E-state index contributed by atoms with van der Waals surface area (Å²) in [4.78, 5) is 20.8. The molecule has 8 nitrogen and oxygen atoms in total. The molecule has 0 bridgehead atoms. The lowest BCUT2D eigenvalue weighted by Crippen LogP contribution is -2.33. The minimum atomic E-state index is -0.658. The number of non-ortho nitro benzene ring substituents is 1. The van der Waals surface area contributed by atoms with Gasteiger partial charge >= 0.3 is 5.69 Å². The standard InChI is InChI=1S/C20H24N4O4/c1-12(2)14-7-13(3)20(4)11-16(9-15(20)8-14)21-22-18-6-5-17(23(25)26)10-19(18)24(27)28/h5-6,9-10,13-14,22H,1,7-8,11H2,2-4H3/b21-16-/t13-,14-,20+/m1/s1. The lowest BCUT2D eigenvalue weighted by atomic mass is 9.62. The number of hydrazone groups is 1. The van der Waals surface area contributed by atoms with E-state index in [-0.39, 0.29) is 22.5 Å². The SMILES string of the molecule is C=C(C)[C@H]1CC2=C/C(=N/Nc3ccc([N+](=O)[O-])cc3[N+](=O)[O-])C[C@@]2(C)[C@H](C)C1. The minimum Gasteiger partial charge on any atom is -0.271 e. The zero-order chi connectivity index (χ0) is 20.6. The first-order chi connectivity index (χ1) is 13.1. The van der Waals surface area contributed by atoms with Gasteiger partial charge in [0.1, 0.15) is 5.69 Å². The van der Waals surface area contributed by atoms with Crippen LogP contribution in [0.15, 0.2) is 47.1 Å². The number of hydrogen-bond donors (Lipinski definition) is 1. The summed E-state index contributed by atoms with van der Waals surface area (Å²) in [6, 6.07) is 3.48. The van der Waals surface area contributed by atoms with Gasteiger partial charge in [0, 0.05) is 12.5 Å². The van der Waals surface area contributed by atoms with Crippen LogP contribution in [0.2, 0.25) is 0 Å². The summed E-state index contributed by atoms with van der Waals surface area (Å²) >= 11 is 0. The first-order valence-corrected chi connectivity index (χ1v) is 9.23. The molecule has 1 N–H and O–H groups in total. The molecule has 2 aliphatic carbocycles. The van der Waals surface area contributed by atoms with E-state index in [9.17, 15) is 20.2 Å². The van der Waals surface area contributed by atoms with Gasteiger partial charge in [-0.15, -0.1) is 0 Å². The Bertz CT molecular complexity index is 921. The van der Waals surface area contributed by atoms with E-state index in [1.165, 1.54) is 23.3 Å². The Morgan fingerprint density at radius 3 is 2.64 bits per heavy atom. The normalized spacial score (nSPS) is 27.8. The highest BCUT2D eigenvalue weighted by molar-refractivity contribution is 5.99. The zero-order valence-corrected chi connectivity index (χ0v) is 16.3. The summed E-state index contributed by atoms with van der Waals surface area (Å²) < 4.78 is 0. The van der Waals surface area contributed by atoms with Crippen LogP contribution in [0.5, 0.6) is 0 Å². The molecule has 3 atom stereocenters. The number of nitrogens with one attached hydrogen (secondary N) is 1. The second-order valence-corrected chi connectivity index (χ2v) is 8.08. The molecule has 0 saturated heterocycles. The number of rotatable bonds is 5. The number of allylic oxidation sites excluding steroid dienone is 3. The molecule has 0 aromatic heterocycles. The highest BCUT2D eigenvalue weighted by Gasteiger charge is 2.45. The Hall–Kier alpha value is -3.03. The number of hydrogen-bond acceptors (Lipinski definition) is 6. The van der Waals surface area contributed by atoms with Crippen LogP contribution in [-0.2, 0) is 0 Å². The van der Waals surface area contributed by atoms with Crippen LogP contribution in [0, 0.1) is 37.5 Å². The summed E-state index contributed by atoms with van der Waals surface area (Å²) in [6.07, 6.45) is 4.90. The second kappa shape index (κ2) is 7.18. The average molecular weight is 384 g/mol. The van der Waals surface area contributed by atoms with Crippen molar-refractivity contribution in [2.45, 2.75) is 40.0 Å². The first-order valence-electron chi connectivity index (χ1n) is 9.23. The van der Waals surface area contributed by atoms with E-state index in [2.05, 4.69) is 44.0 Å². The van der Waals surface area contributed by atoms with Gasteiger partial charge in [-0.2, -0.15) is 5.10 Å². The lowest BCUT2D eigenvalue weighted by molar-refractivity contribution is -0.393. The van der Waals surface area contributed by atoms with Gasteiger partial charge in [0.2, 0.25) is 0 Å². The van der Waals surface area contributed by atoms with Crippen LogP contribution in [0.25, 0.3) is 0 Å². The van der Waals surface area contributed by atoms with Crippen LogP contribution in [0.1, 0.15) is 40.0 Å². The molecule has 0 heterocycles. The van der Waals surface area contributed by atoms with E-state index in [0.29, 0.717) is 11.8 Å². The van der Waals surface area contributed by atoms with Crippen molar-refractivity contribution in [1.29, 1.82) is 0 Å². The number of fused-ring (bicyclic) bond motifs is 1. The summed E-state index contributed by atoms with van der Waals surface area (Å²) in [5.41, 5.74) is 5.58. The molecule has 0 spiro atoms. The maximum absolute atomic E-state index is 11.3. The highest BCUT2D eigenvalue weighted by atomic mass is 16.6. The van der Waals surface area contributed by atoms with E-state index >= 15 is 0 Å². The van der Waals surface area contributed by atoms with E-state index in [1.54, 1.807) is 0 Å². The molecule has 1 aromatic carbocycles. The molecule has 1 aromatic rings. The third kappa shape index (κ3) is 3.54. The van der Waals surface area contributed by atoms with Gasteiger partial charge in [-0.05, 0) is 49.2 Å². The maximum Gasteiger partial charge on any atom is 0.301 e. The van der Waals surface area contributed by atoms with Crippen molar-refractivity contribution in [2.24, 2.45) is 22.4 Å². The molecule has 8 heteroatoms. The molecule has 2 aliphatic rings. The fourth-order valence-corrected chi connectivity index (χ4v) is 4.18. The topological polar surface area (TPSA) is 111 Å². The molecular formula is C20H24N4O4. The Balaban J connectivity index is 1.85. The van der Waals surface area contributed by atoms with Gasteiger partial charge in [0.25, 0.3) is 5.69 Å². The van der Waals surface area contributed by atoms with Gasteiger partial charge in [-0.1, -0.05) is 31.6 Å². The van der Waals surface area contributed by atoms with Crippen molar-refractivity contribution in [3.8, 4) is 0 Å². The highest BCUT2D eigenvalue weighted by Crippen LogP contribution is 2.53. The Morgan fingerprint density at radius 2 is 2.04 bits per heavy atom. The summed E-state index contributed by atoms with van der Waals surface area (Å²) in [6.45, 7) is 10.7. The lowest BCUT2D eigenvalue weighted by Gasteiger charge is -2.42. The number of nitro groups is 2. The number of nitrogens with zero attached hydrogens (tertiary/aromatic N) is 3. The average Bonchev–Trinajstić information content (AvgIpc) is 2.96. The molecule has 28 heavy (non-hydrogen) atoms. The van der Waals surface area contributed by atoms with Crippen LogP contribution < -0.4 is 5.43 Å². The third-order valence-corrected chi connectivity index (χ3v) is 6.22. The van der Waals surface area contributed by atoms with Crippen molar-refractivity contribution < 1.29 is 9.85 Å². The second-order valence-electron chi connectivity index (χ2n) is 8.08. The van der Waals surface area contributed by atoms with Gasteiger partial charge < -0.3 is 0 Å². The zero-order valence-electron chi connectivity index (χ0n) is 16.3. The largest absolute Gasteiger partial charge is 0.301 e. The molecule has 0 unspecified atom stereocenters. The summed E-state index contributed by atoms with van der Waals surface area (Å²) in [5.74, 6) is 0.952.